The Labute approximate surface area is 188 Å². The second-order valence-corrected chi connectivity index (χ2v) is 9.78. The van der Waals surface area contributed by atoms with Crippen LogP contribution in [-0.2, 0) is 10.0 Å². The third-order valence-electron chi connectivity index (χ3n) is 4.83. The van der Waals surface area contributed by atoms with Gasteiger partial charge >= 0.3 is 6.03 Å². The fourth-order valence-electron chi connectivity index (χ4n) is 3.00. The van der Waals surface area contributed by atoms with Gasteiger partial charge in [0.15, 0.2) is 5.88 Å². The molecule has 0 fully saturated rings. The molecule has 11 heteroatoms. The van der Waals surface area contributed by atoms with Crippen LogP contribution in [0.4, 0.5) is 22.1 Å². The third kappa shape index (κ3) is 4.25. The van der Waals surface area contributed by atoms with E-state index < -0.39 is 16.1 Å². The number of pyridine rings is 1. The van der Waals surface area contributed by atoms with Crippen LogP contribution in [-0.4, -0.2) is 26.5 Å². The number of carbonyl (C=O) groups is 1. The van der Waals surface area contributed by atoms with Crippen LogP contribution in [0.1, 0.15) is 11.1 Å². The van der Waals surface area contributed by atoms with E-state index in [9.17, 15) is 13.2 Å². The van der Waals surface area contributed by atoms with E-state index in [1.807, 2.05) is 18.6 Å². The highest BCUT2D eigenvalue weighted by molar-refractivity contribution is 7.92. The molecule has 0 bridgehead atoms. The van der Waals surface area contributed by atoms with Gasteiger partial charge in [0.2, 0.25) is 0 Å². The molecule has 0 aliphatic rings. The lowest BCUT2D eigenvalue weighted by molar-refractivity contribution is 0.256. The second kappa shape index (κ2) is 8.52. The average Bonchev–Trinajstić information content (AvgIpc) is 3.41. The number of furan rings is 1. The van der Waals surface area contributed by atoms with Crippen molar-refractivity contribution in [3.63, 3.8) is 0 Å². The number of carbonyl (C=O) groups excluding carboxylic acids is 1. The molecule has 0 aliphatic heterocycles. The van der Waals surface area contributed by atoms with E-state index in [-0.39, 0.29) is 9.90 Å². The number of fused-ring (bicyclic) bond motifs is 1. The van der Waals surface area contributed by atoms with Crippen LogP contribution in [0.3, 0.4) is 0 Å². The molecule has 2 amide bonds. The fraction of sp³-hybridized carbons (Fsp3) is 0.143. The van der Waals surface area contributed by atoms with Crippen molar-refractivity contribution in [2.45, 2.75) is 18.1 Å². The summed E-state index contributed by atoms with van der Waals surface area (Å²) >= 11 is 1.01. The summed E-state index contributed by atoms with van der Waals surface area (Å²) in [7, 11) is -2.44. The minimum atomic E-state index is -3.99. The first kappa shape index (κ1) is 21.7. The van der Waals surface area contributed by atoms with Crippen molar-refractivity contribution in [1.82, 2.24) is 9.71 Å². The zero-order valence-electron chi connectivity index (χ0n) is 17.4. The van der Waals surface area contributed by atoms with Crippen LogP contribution < -0.4 is 20.1 Å². The minimum Gasteiger partial charge on any atom is -0.497 e. The molecule has 3 aromatic heterocycles. The third-order valence-corrected chi connectivity index (χ3v) is 7.56. The maximum Gasteiger partial charge on any atom is 0.333 e. The molecule has 0 saturated heterocycles. The normalized spacial score (nSPS) is 11.3. The van der Waals surface area contributed by atoms with Gasteiger partial charge in [-0.05, 0) is 49.1 Å². The molecule has 0 saturated carbocycles. The summed E-state index contributed by atoms with van der Waals surface area (Å²) in [4.78, 5) is 16.9. The molecule has 0 aliphatic carbocycles. The predicted molar refractivity (Wildman–Crippen MR) is 123 cm³/mol. The average molecular weight is 473 g/mol. The van der Waals surface area contributed by atoms with Crippen LogP contribution in [0.5, 0.6) is 5.75 Å². The Kier molecular flexibility index (Phi) is 5.76. The first-order chi connectivity index (χ1) is 15.3. The summed E-state index contributed by atoms with van der Waals surface area (Å²) in [6.07, 6.45) is 3.06. The fourth-order valence-corrected chi connectivity index (χ4v) is 4.90. The van der Waals surface area contributed by atoms with E-state index in [1.165, 1.54) is 12.3 Å². The van der Waals surface area contributed by atoms with Crippen molar-refractivity contribution in [3.05, 3.63) is 59.3 Å². The maximum atomic E-state index is 12.6. The van der Waals surface area contributed by atoms with Crippen molar-refractivity contribution in [3.8, 4) is 5.75 Å². The van der Waals surface area contributed by atoms with Gasteiger partial charge in [-0.2, -0.15) is 0 Å². The van der Waals surface area contributed by atoms with Gasteiger partial charge in [-0.15, -0.1) is 11.3 Å². The number of sulfonamides is 1. The van der Waals surface area contributed by atoms with Gasteiger partial charge in [0.05, 0.1) is 36.5 Å². The molecule has 166 valence electrons. The van der Waals surface area contributed by atoms with Gasteiger partial charge in [0, 0.05) is 10.9 Å². The van der Waals surface area contributed by atoms with E-state index in [0.717, 1.165) is 22.5 Å². The summed E-state index contributed by atoms with van der Waals surface area (Å²) in [6.45, 7) is 3.82. The molecule has 0 unspecified atom stereocenters. The van der Waals surface area contributed by atoms with Crippen LogP contribution >= 0.6 is 11.3 Å². The molecule has 4 rings (SSSR count). The molecular formula is C21H20N4O5S2. The smallest absolute Gasteiger partial charge is 0.333 e. The first-order valence-corrected chi connectivity index (χ1v) is 11.8. The summed E-state index contributed by atoms with van der Waals surface area (Å²) in [6, 6.07) is 7.41. The molecular weight excluding hydrogens is 452 g/mol. The Bertz CT molecular complexity index is 1400. The molecule has 9 nitrogen and oxygen atoms in total. The number of hydrogen-bond donors (Lipinski definition) is 3. The van der Waals surface area contributed by atoms with E-state index in [2.05, 4.69) is 15.6 Å². The number of anilines is 3. The number of rotatable bonds is 6. The largest absolute Gasteiger partial charge is 0.497 e. The number of methoxy groups -OCH3 is 1. The number of thiophene rings is 1. The first-order valence-electron chi connectivity index (χ1n) is 9.44. The Balaban J connectivity index is 1.73. The summed E-state index contributed by atoms with van der Waals surface area (Å²) in [5, 5.41) is 8.04. The van der Waals surface area contributed by atoms with Gasteiger partial charge in [0.25, 0.3) is 10.0 Å². The summed E-state index contributed by atoms with van der Waals surface area (Å²) in [5.41, 5.74) is 3.24. The molecule has 3 heterocycles. The highest BCUT2D eigenvalue weighted by Gasteiger charge is 2.21. The molecule has 32 heavy (non-hydrogen) atoms. The number of amides is 2. The SMILES string of the molecule is COc1ccc2ncc(NC(=O)NS(=O)(=O)c3cccs3)c(Nc3occ(C)c3C)c2c1. The molecule has 0 radical (unpaired) electrons. The summed E-state index contributed by atoms with van der Waals surface area (Å²) < 4.78 is 37.8. The van der Waals surface area contributed by atoms with Gasteiger partial charge in [-0.25, -0.2) is 17.9 Å². The van der Waals surface area contributed by atoms with E-state index >= 15 is 0 Å². The van der Waals surface area contributed by atoms with E-state index in [1.54, 1.807) is 43.0 Å². The van der Waals surface area contributed by atoms with Crippen molar-refractivity contribution in [2.75, 3.05) is 17.7 Å². The summed E-state index contributed by atoms with van der Waals surface area (Å²) in [5.74, 6) is 1.09. The number of nitrogens with one attached hydrogen (secondary N) is 3. The monoisotopic (exact) mass is 472 g/mol. The maximum absolute atomic E-state index is 12.6. The minimum absolute atomic E-state index is 0.0362. The number of aryl methyl sites for hydroxylation is 1. The van der Waals surface area contributed by atoms with Crippen LogP contribution in [0.25, 0.3) is 10.9 Å². The van der Waals surface area contributed by atoms with Crippen molar-refractivity contribution in [2.24, 2.45) is 0 Å². The van der Waals surface area contributed by atoms with Crippen LogP contribution in [0, 0.1) is 13.8 Å². The Morgan fingerprint density at radius 1 is 1.22 bits per heavy atom. The van der Waals surface area contributed by atoms with Gasteiger partial charge < -0.3 is 19.8 Å². The highest BCUT2D eigenvalue weighted by Crippen LogP contribution is 2.36. The van der Waals surface area contributed by atoms with Crippen LogP contribution in [0.2, 0.25) is 0 Å². The Morgan fingerprint density at radius 2 is 2.03 bits per heavy atom. The number of nitrogens with zero attached hydrogens (tertiary/aromatic N) is 1. The molecule has 4 aromatic rings. The number of hydrogen-bond acceptors (Lipinski definition) is 8. The predicted octanol–water partition coefficient (Wildman–Crippen LogP) is 4.77. The quantitative estimate of drug-likeness (QED) is 0.369. The lowest BCUT2D eigenvalue weighted by atomic mass is 10.1. The Hall–Kier alpha value is -3.57. The van der Waals surface area contributed by atoms with Gasteiger partial charge in [-0.3, -0.25) is 4.98 Å². The van der Waals surface area contributed by atoms with Crippen molar-refractivity contribution < 1.29 is 22.4 Å². The van der Waals surface area contributed by atoms with E-state index in [4.69, 9.17) is 9.15 Å². The number of aromatic nitrogens is 1. The topological polar surface area (TPSA) is 123 Å². The highest BCUT2D eigenvalue weighted by atomic mass is 32.2. The lowest BCUT2D eigenvalue weighted by Gasteiger charge is -2.15. The zero-order valence-corrected chi connectivity index (χ0v) is 19.1. The molecule has 1 aromatic carbocycles. The molecule has 3 N–H and O–H groups in total. The standard InChI is InChI=1S/C21H20N4O5S2/c1-12-11-30-20(13(12)2)24-19-15-9-14(29-3)6-7-16(15)22-10-17(19)23-21(26)25-32(27,28)18-5-4-8-31-18/h4-11H,1-3H3,(H,22,24)(H2,23,25,26). The number of ether oxygens (including phenoxy) is 1. The molecule has 0 atom stereocenters. The number of urea groups is 1. The van der Waals surface area contributed by atoms with Crippen molar-refractivity contribution >= 4 is 55.6 Å². The Morgan fingerprint density at radius 3 is 2.69 bits per heavy atom. The zero-order chi connectivity index (χ0) is 22.9. The van der Waals surface area contributed by atoms with Crippen LogP contribution in [0.15, 0.2) is 56.8 Å². The lowest BCUT2D eigenvalue weighted by Crippen LogP contribution is -2.34. The second-order valence-electron chi connectivity index (χ2n) is 6.92. The molecule has 0 spiro atoms. The van der Waals surface area contributed by atoms with Crippen molar-refractivity contribution in [1.29, 1.82) is 0 Å². The van der Waals surface area contributed by atoms with Gasteiger partial charge in [0.1, 0.15) is 9.96 Å². The van der Waals surface area contributed by atoms with Gasteiger partial charge in [-0.1, -0.05) is 6.07 Å². The number of benzene rings is 1. The van der Waals surface area contributed by atoms with E-state index in [0.29, 0.717) is 28.2 Å².